The number of anilines is 1. The summed E-state index contributed by atoms with van der Waals surface area (Å²) >= 11 is 0. The third-order valence-electron chi connectivity index (χ3n) is 2.99. The molecule has 2 rings (SSSR count). The minimum Gasteiger partial charge on any atom is -0.346 e. The molecule has 0 bridgehead atoms. The standard InChI is InChI=1S/C13H17N5O/c1-9-7-10(17-14)3-4-12(9)13(19)15-8-11-5-6-16-18(11)2/h3-7,17H,8,14H2,1-2H3,(H,15,19). The Hall–Kier alpha value is -2.34. The Morgan fingerprint density at radius 3 is 2.79 bits per heavy atom. The smallest absolute Gasteiger partial charge is 0.251 e. The maximum absolute atomic E-state index is 12.1. The van der Waals surface area contributed by atoms with Crippen LogP contribution in [0.1, 0.15) is 21.6 Å². The van der Waals surface area contributed by atoms with Crippen LogP contribution in [0.3, 0.4) is 0 Å². The van der Waals surface area contributed by atoms with E-state index in [4.69, 9.17) is 5.84 Å². The highest BCUT2D eigenvalue weighted by atomic mass is 16.1. The van der Waals surface area contributed by atoms with Gasteiger partial charge in [-0.2, -0.15) is 5.10 Å². The molecule has 0 unspecified atom stereocenters. The molecule has 0 saturated heterocycles. The molecule has 0 radical (unpaired) electrons. The van der Waals surface area contributed by atoms with Crippen LogP contribution >= 0.6 is 0 Å². The average molecular weight is 259 g/mol. The van der Waals surface area contributed by atoms with Crippen molar-refractivity contribution in [3.63, 3.8) is 0 Å². The molecule has 0 saturated carbocycles. The van der Waals surface area contributed by atoms with Crippen LogP contribution < -0.4 is 16.6 Å². The number of hydrogen-bond acceptors (Lipinski definition) is 4. The highest BCUT2D eigenvalue weighted by Gasteiger charge is 2.09. The Bertz CT molecular complexity index is 590. The summed E-state index contributed by atoms with van der Waals surface area (Å²) in [6.45, 7) is 2.32. The first kappa shape index (κ1) is 13.1. The quantitative estimate of drug-likeness (QED) is 0.563. The van der Waals surface area contributed by atoms with Crippen LogP contribution in [-0.4, -0.2) is 15.7 Å². The molecule has 100 valence electrons. The van der Waals surface area contributed by atoms with Gasteiger partial charge in [0.05, 0.1) is 12.2 Å². The highest BCUT2D eigenvalue weighted by molar-refractivity contribution is 5.96. The normalized spacial score (nSPS) is 10.3. The second-order valence-corrected chi connectivity index (χ2v) is 4.30. The third kappa shape index (κ3) is 2.92. The molecule has 0 aliphatic rings. The zero-order chi connectivity index (χ0) is 13.8. The Labute approximate surface area is 111 Å². The summed E-state index contributed by atoms with van der Waals surface area (Å²) in [6.07, 6.45) is 1.70. The summed E-state index contributed by atoms with van der Waals surface area (Å²) in [7, 11) is 1.84. The Balaban J connectivity index is 2.06. The Kier molecular flexibility index (Phi) is 3.82. The lowest BCUT2D eigenvalue weighted by Crippen LogP contribution is -2.24. The predicted molar refractivity (Wildman–Crippen MR) is 73.4 cm³/mol. The number of benzene rings is 1. The number of nitrogens with two attached hydrogens (primary N) is 1. The topological polar surface area (TPSA) is 85.0 Å². The number of hydrogen-bond donors (Lipinski definition) is 3. The average Bonchev–Trinajstić information content (AvgIpc) is 2.81. The summed E-state index contributed by atoms with van der Waals surface area (Å²) in [5.41, 5.74) is 5.79. The van der Waals surface area contributed by atoms with Gasteiger partial charge in [0, 0.05) is 24.5 Å². The molecule has 1 heterocycles. The minimum atomic E-state index is -0.109. The fourth-order valence-corrected chi connectivity index (χ4v) is 1.85. The summed E-state index contributed by atoms with van der Waals surface area (Å²) in [5, 5.41) is 6.92. The van der Waals surface area contributed by atoms with Crippen molar-refractivity contribution >= 4 is 11.6 Å². The van der Waals surface area contributed by atoms with Crippen molar-refractivity contribution < 1.29 is 4.79 Å². The van der Waals surface area contributed by atoms with E-state index in [0.29, 0.717) is 12.1 Å². The molecule has 0 aliphatic heterocycles. The lowest BCUT2D eigenvalue weighted by atomic mass is 10.1. The molecule has 6 heteroatoms. The molecular weight excluding hydrogens is 242 g/mol. The van der Waals surface area contributed by atoms with Crippen molar-refractivity contribution in [1.82, 2.24) is 15.1 Å². The monoisotopic (exact) mass is 259 g/mol. The van der Waals surface area contributed by atoms with Crippen LogP contribution in [0.5, 0.6) is 0 Å². The van der Waals surface area contributed by atoms with Gasteiger partial charge < -0.3 is 10.7 Å². The van der Waals surface area contributed by atoms with Crippen molar-refractivity contribution in [3.8, 4) is 0 Å². The Morgan fingerprint density at radius 1 is 1.42 bits per heavy atom. The molecule has 1 aromatic carbocycles. The van der Waals surface area contributed by atoms with Crippen LogP contribution in [0.15, 0.2) is 30.5 Å². The molecule has 0 atom stereocenters. The first-order valence-electron chi connectivity index (χ1n) is 5.94. The number of hydrazine groups is 1. The largest absolute Gasteiger partial charge is 0.346 e. The van der Waals surface area contributed by atoms with E-state index < -0.39 is 0 Å². The van der Waals surface area contributed by atoms with Crippen molar-refractivity contribution in [1.29, 1.82) is 0 Å². The van der Waals surface area contributed by atoms with Crippen LogP contribution in [-0.2, 0) is 13.6 Å². The molecule has 0 spiro atoms. The number of aromatic nitrogens is 2. The summed E-state index contributed by atoms with van der Waals surface area (Å²) in [6, 6.07) is 7.22. The molecule has 4 N–H and O–H groups in total. The lowest BCUT2D eigenvalue weighted by Gasteiger charge is -2.09. The van der Waals surface area contributed by atoms with Crippen molar-refractivity contribution in [2.45, 2.75) is 13.5 Å². The first-order valence-corrected chi connectivity index (χ1v) is 5.94. The summed E-state index contributed by atoms with van der Waals surface area (Å²) < 4.78 is 1.73. The van der Waals surface area contributed by atoms with Gasteiger partial charge in [-0.05, 0) is 36.8 Å². The molecule has 1 amide bonds. The molecular formula is C13H17N5O. The van der Waals surface area contributed by atoms with E-state index in [9.17, 15) is 4.79 Å². The van der Waals surface area contributed by atoms with Crippen molar-refractivity contribution in [2.75, 3.05) is 5.43 Å². The number of nitrogens with zero attached hydrogens (tertiary/aromatic N) is 2. The fourth-order valence-electron chi connectivity index (χ4n) is 1.85. The maximum Gasteiger partial charge on any atom is 0.251 e. The van der Waals surface area contributed by atoms with Crippen LogP contribution in [0.2, 0.25) is 0 Å². The molecule has 0 aliphatic carbocycles. The summed E-state index contributed by atoms with van der Waals surface area (Å²) in [5.74, 6) is 5.22. The Morgan fingerprint density at radius 2 is 2.21 bits per heavy atom. The zero-order valence-electron chi connectivity index (χ0n) is 11.0. The second-order valence-electron chi connectivity index (χ2n) is 4.30. The number of aryl methyl sites for hydroxylation is 2. The van der Waals surface area contributed by atoms with Gasteiger partial charge >= 0.3 is 0 Å². The number of carbonyl (C=O) groups excluding carboxylic acids is 1. The van der Waals surface area contributed by atoms with Gasteiger partial charge in [0.1, 0.15) is 0 Å². The minimum absolute atomic E-state index is 0.109. The molecule has 2 aromatic rings. The number of amides is 1. The van der Waals surface area contributed by atoms with Crippen LogP contribution in [0.4, 0.5) is 5.69 Å². The van der Waals surface area contributed by atoms with Gasteiger partial charge in [-0.1, -0.05) is 0 Å². The van der Waals surface area contributed by atoms with E-state index >= 15 is 0 Å². The lowest BCUT2D eigenvalue weighted by molar-refractivity contribution is 0.0949. The van der Waals surface area contributed by atoms with Crippen molar-refractivity contribution in [3.05, 3.63) is 47.3 Å². The van der Waals surface area contributed by atoms with E-state index in [1.54, 1.807) is 23.0 Å². The number of rotatable bonds is 4. The molecule has 6 nitrogen and oxygen atoms in total. The summed E-state index contributed by atoms with van der Waals surface area (Å²) in [4.78, 5) is 12.1. The zero-order valence-corrected chi connectivity index (χ0v) is 11.0. The molecule has 19 heavy (non-hydrogen) atoms. The van der Waals surface area contributed by atoms with Gasteiger partial charge in [-0.15, -0.1) is 0 Å². The number of nitrogens with one attached hydrogen (secondary N) is 2. The van der Waals surface area contributed by atoms with Crippen LogP contribution in [0.25, 0.3) is 0 Å². The maximum atomic E-state index is 12.1. The van der Waals surface area contributed by atoms with Gasteiger partial charge in [-0.25, -0.2) is 0 Å². The molecule has 1 aromatic heterocycles. The highest BCUT2D eigenvalue weighted by Crippen LogP contribution is 2.14. The van der Waals surface area contributed by atoms with Gasteiger partial charge in [-0.3, -0.25) is 15.3 Å². The number of carbonyl (C=O) groups is 1. The van der Waals surface area contributed by atoms with Gasteiger partial charge in [0.2, 0.25) is 0 Å². The third-order valence-corrected chi connectivity index (χ3v) is 2.99. The van der Waals surface area contributed by atoms with E-state index in [-0.39, 0.29) is 5.91 Å². The van der Waals surface area contributed by atoms with Gasteiger partial charge in [0.15, 0.2) is 0 Å². The predicted octanol–water partition coefficient (Wildman–Crippen LogP) is 0.944. The van der Waals surface area contributed by atoms with Crippen molar-refractivity contribution in [2.24, 2.45) is 12.9 Å². The number of nitrogen functional groups attached to an aromatic ring is 1. The van der Waals surface area contributed by atoms with E-state index in [2.05, 4.69) is 15.8 Å². The van der Waals surface area contributed by atoms with E-state index in [0.717, 1.165) is 16.9 Å². The SMILES string of the molecule is Cc1cc(NN)ccc1C(=O)NCc1ccnn1C. The fraction of sp³-hybridized carbons (Fsp3) is 0.231. The first-order chi connectivity index (χ1) is 9.11. The van der Waals surface area contributed by atoms with Crippen LogP contribution in [0, 0.1) is 6.92 Å². The van der Waals surface area contributed by atoms with Gasteiger partial charge in [0.25, 0.3) is 5.91 Å². The van der Waals surface area contributed by atoms with E-state index in [1.165, 1.54) is 0 Å². The second kappa shape index (κ2) is 5.53. The molecule has 0 fully saturated rings. The van der Waals surface area contributed by atoms with E-state index in [1.807, 2.05) is 26.1 Å².